The molecule has 9 heteroatoms. The van der Waals surface area contributed by atoms with Crippen LogP contribution in [0.3, 0.4) is 0 Å². The summed E-state index contributed by atoms with van der Waals surface area (Å²) in [5.41, 5.74) is 1.79. The van der Waals surface area contributed by atoms with E-state index < -0.39 is 5.82 Å². The fraction of sp³-hybridized carbons (Fsp3) is 0.0556. The third kappa shape index (κ3) is 3.18. The smallest absolute Gasteiger partial charge is 0.168 e. The highest BCUT2D eigenvalue weighted by Crippen LogP contribution is 2.39. The number of benzene rings is 1. The second-order valence-corrected chi connectivity index (χ2v) is 7.00. The third-order valence-corrected chi connectivity index (χ3v) is 5.17. The number of hydrogen-bond acceptors (Lipinski definition) is 7. The first-order valence-corrected chi connectivity index (χ1v) is 8.96. The van der Waals surface area contributed by atoms with Crippen molar-refractivity contribution in [2.75, 3.05) is 5.32 Å². The molecule has 0 radical (unpaired) electrons. The van der Waals surface area contributed by atoms with E-state index in [-0.39, 0.29) is 5.52 Å². The lowest BCUT2D eigenvalue weighted by molar-refractivity contribution is 0.632. The Morgan fingerprint density at radius 3 is 2.89 bits per heavy atom. The number of hydrogen-bond donors (Lipinski definition) is 1. The van der Waals surface area contributed by atoms with Crippen LogP contribution >= 0.6 is 22.9 Å². The molecule has 3 heterocycles. The van der Waals surface area contributed by atoms with Crippen molar-refractivity contribution in [3.05, 3.63) is 58.9 Å². The molecular formula is C18H10ClFN6S. The van der Waals surface area contributed by atoms with Gasteiger partial charge < -0.3 is 5.32 Å². The average Bonchev–Trinajstić information content (AvgIpc) is 3.10. The first kappa shape index (κ1) is 17.3. The van der Waals surface area contributed by atoms with E-state index in [0.717, 1.165) is 11.9 Å². The zero-order valence-corrected chi connectivity index (χ0v) is 15.4. The molecule has 0 fully saturated rings. The summed E-state index contributed by atoms with van der Waals surface area (Å²) < 4.78 is 14.8. The SMILES string of the molecule is Cc1cc(Nc2ncc(F)c3nc(-c4c(Cl)cccc4C#N)sc23)ncn1. The number of rotatable bonds is 3. The minimum Gasteiger partial charge on any atom is -0.324 e. The summed E-state index contributed by atoms with van der Waals surface area (Å²) in [5.74, 6) is 0.398. The van der Waals surface area contributed by atoms with Gasteiger partial charge in [0, 0.05) is 17.3 Å². The van der Waals surface area contributed by atoms with E-state index in [9.17, 15) is 9.65 Å². The number of pyridine rings is 1. The van der Waals surface area contributed by atoms with Crippen molar-refractivity contribution in [2.24, 2.45) is 0 Å². The number of nitrogens with one attached hydrogen (secondary N) is 1. The van der Waals surface area contributed by atoms with E-state index in [0.29, 0.717) is 37.5 Å². The van der Waals surface area contributed by atoms with Crippen molar-refractivity contribution in [1.82, 2.24) is 19.9 Å². The van der Waals surface area contributed by atoms with Crippen LogP contribution in [-0.4, -0.2) is 19.9 Å². The molecule has 0 unspecified atom stereocenters. The van der Waals surface area contributed by atoms with Crippen LogP contribution in [0.25, 0.3) is 20.8 Å². The van der Waals surface area contributed by atoms with Crippen molar-refractivity contribution in [3.63, 3.8) is 0 Å². The zero-order valence-electron chi connectivity index (χ0n) is 13.9. The number of aryl methyl sites for hydroxylation is 1. The molecule has 1 aromatic carbocycles. The maximum atomic E-state index is 14.3. The number of thiazole rings is 1. The fourth-order valence-corrected chi connectivity index (χ4v) is 3.97. The van der Waals surface area contributed by atoms with Gasteiger partial charge in [-0.2, -0.15) is 5.26 Å². The lowest BCUT2D eigenvalue weighted by Gasteiger charge is -2.05. The highest BCUT2D eigenvalue weighted by atomic mass is 35.5. The molecule has 27 heavy (non-hydrogen) atoms. The molecule has 0 amide bonds. The molecule has 132 valence electrons. The van der Waals surface area contributed by atoms with E-state index >= 15 is 0 Å². The van der Waals surface area contributed by atoms with Gasteiger partial charge in [-0.3, -0.25) is 0 Å². The molecule has 0 saturated carbocycles. The Bertz CT molecular complexity index is 1220. The van der Waals surface area contributed by atoms with E-state index in [2.05, 4.69) is 31.3 Å². The summed E-state index contributed by atoms with van der Waals surface area (Å²) in [6, 6.07) is 8.84. The maximum Gasteiger partial charge on any atom is 0.168 e. The second kappa shape index (κ2) is 6.87. The van der Waals surface area contributed by atoms with Crippen LogP contribution in [-0.2, 0) is 0 Å². The first-order valence-electron chi connectivity index (χ1n) is 7.76. The Balaban J connectivity index is 1.88. The van der Waals surface area contributed by atoms with Crippen LogP contribution < -0.4 is 5.32 Å². The van der Waals surface area contributed by atoms with Crippen LogP contribution in [0.5, 0.6) is 0 Å². The van der Waals surface area contributed by atoms with Gasteiger partial charge in [-0.25, -0.2) is 24.3 Å². The van der Waals surface area contributed by atoms with Gasteiger partial charge in [0.2, 0.25) is 0 Å². The van der Waals surface area contributed by atoms with Gasteiger partial charge in [0.25, 0.3) is 0 Å². The molecule has 0 aliphatic heterocycles. The lowest BCUT2D eigenvalue weighted by atomic mass is 10.1. The lowest BCUT2D eigenvalue weighted by Crippen LogP contribution is -1.98. The van der Waals surface area contributed by atoms with Gasteiger partial charge in [0.15, 0.2) is 11.6 Å². The number of halogens is 2. The van der Waals surface area contributed by atoms with Gasteiger partial charge in [0.05, 0.1) is 22.9 Å². The molecule has 6 nitrogen and oxygen atoms in total. The molecule has 3 aromatic heterocycles. The predicted molar refractivity (Wildman–Crippen MR) is 103 cm³/mol. The van der Waals surface area contributed by atoms with Gasteiger partial charge in [-0.15, -0.1) is 11.3 Å². The summed E-state index contributed by atoms with van der Waals surface area (Å²) in [6.07, 6.45) is 2.53. The van der Waals surface area contributed by atoms with Gasteiger partial charge in [-0.1, -0.05) is 17.7 Å². The molecule has 0 bridgehead atoms. The van der Waals surface area contributed by atoms with E-state index in [1.807, 2.05) is 6.92 Å². The fourth-order valence-electron chi connectivity index (χ4n) is 2.56. The molecule has 4 rings (SSSR count). The zero-order chi connectivity index (χ0) is 19.0. The summed E-state index contributed by atoms with van der Waals surface area (Å²) in [7, 11) is 0. The van der Waals surface area contributed by atoms with Gasteiger partial charge >= 0.3 is 0 Å². The summed E-state index contributed by atoms with van der Waals surface area (Å²) in [4.78, 5) is 16.7. The Hall–Kier alpha value is -3.15. The summed E-state index contributed by atoms with van der Waals surface area (Å²) >= 11 is 7.47. The van der Waals surface area contributed by atoms with E-state index in [1.54, 1.807) is 24.3 Å². The number of fused-ring (bicyclic) bond motifs is 1. The standard InChI is InChI=1S/C18H10ClFN6S/c1-9-5-13(24-8-23-9)25-17-16-15(12(20)7-22-17)26-18(27-16)14-10(6-21)3-2-4-11(14)19/h2-5,7-8H,1H3,(H,22,23,24,25). The number of nitrogens with zero attached hydrogens (tertiary/aromatic N) is 5. The topological polar surface area (TPSA) is 87.4 Å². The van der Waals surface area contributed by atoms with Crippen LogP contribution in [0.2, 0.25) is 5.02 Å². The van der Waals surface area contributed by atoms with Gasteiger partial charge in [-0.05, 0) is 19.1 Å². The summed E-state index contributed by atoms with van der Waals surface area (Å²) in [5, 5.41) is 13.3. The largest absolute Gasteiger partial charge is 0.324 e. The Labute approximate surface area is 162 Å². The van der Waals surface area contributed by atoms with Crippen molar-refractivity contribution < 1.29 is 4.39 Å². The molecule has 0 atom stereocenters. The number of nitriles is 1. The molecule has 0 saturated heterocycles. The minimum atomic E-state index is -0.553. The first-order chi connectivity index (χ1) is 13.1. The molecule has 1 N–H and O–H groups in total. The van der Waals surface area contributed by atoms with E-state index in [4.69, 9.17) is 11.6 Å². The highest BCUT2D eigenvalue weighted by molar-refractivity contribution is 7.22. The minimum absolute atomic E-state index is 0.155. The molecule has 0 spiro atoms. The molecule has 4 aromatic rings. The maximum absolute atomic E-state index is 14.3. The van der Waals surface area contributed by atoms with Crippen molar-refractivity contribution in [2.45, 2.75) is 6.92 Å². The van der Waals surface area contributed by atoms with Crippen molar-refractivity contribution >= 4 is 44.8 Å². The molecular weight excluding hydrogens is 387 g/mol. The van der Waals surface area contributed by atoms with Crippen LogP contribution in [0, 0.1) is 24.1 Å². The third-order valence-electron chi connectivity index (χ3n) is 3.77. The predicted octanol–water partition coefficient (Wildman–Crippen LogP) is 4.86. The average molecular weight is 397 g/mol. The van der Waals surface area contributed by atoms with Crippen LogP contribution in [0.4, 0.5) is 16.0 Å². The van der Waals surface area contributed by atoms with Crippen LogP contribution in [0.15, 0.2) is 36.8 Å². The Morgan fingerprint density at radius 1 is 1.26 bits per heavy atom. The Kier molecular flexibility index (Phi) is 4.39. The number of aromatic nitrogens is 4. The van der Waals surface area contributed by atoms with Crippen molar-refractivity contribution in [1.29, 1.82) is 5.26 Å². The molecule has 0 aliphatic rings. The second-order valence-electron chi connectivity index (χ2n) is 5.60. The normalized spacial score (nSPS) is 10.7. The monoisotopic (exact) mass is 396 g/mol. The molecule has 0 aliphatic carbocycles. The van der Waals surface area contributed by atoms with E-state index in [1.165, 1.54) is 17.7 Å². The summed E-state index contributed by atoms with van der Waals surface area (Å²) in [6.45, 7) is 1.84. The van der Waals surface area contributed by atoms with Crippen LogP contribution in [0.1, 0.15) is 11.3 Å². The quantitative estimate of drug-likeness (QED) is 0.531. The highest BCUT2D eigenvalue weighted by Gasteiger charge is 2.19. The Morgan fingerprint density at radius 2 is 2.11 bits per heavy atom. The van der Waals surface area contributed by atoms with Gasteiger partial charge in [0.1, 0.15) is 27.4 Å². The van der Waals surface area contributed by atoms with Crippen molar-refractivity contribution in [3.8, 4) is 16.6 Å². The number of anilines is 2.